The molecule has 6 nitrogen and oxygen atoms in total. The zero-order chi connectivity index (χ0) is 27.0. The van der Waals surface area contributed by atoms with Crippen LogP contribution in [0.5, 0.6) is 0 Å². The molecular formula is C29H35F3N2O4. The van der Waals surface area contributed by atoms with Crippen LogP contribution in [-0.4, -0.2) is 62.7 Å². The quantitative estimate of drug-likeness (QED) is 0.400. The number of nitrogens with one attached hydrogen (secondary N) is 1. The third kappa shape index (κ3) is 8.04. The number of hydrogen-bond acceptors (Lipinski definition) is 6. The van der Waals surface area contributed by atoms with E-state index in [0.717, 1.165) is 50.0 Å². The molecule has 1 aliphatic carbocycles. The smallest absolute Gasteiger partial charge is 0.416 e. The van der Waals surface area contributed by atoms with E-state index >= 15 is 0 Å². The van der Waals surface area contributed by atoms with Crippen molar-refractivity contribution in [2.24, 2.45) is 11.8 Å². The van der Waals surface area contributed by atoms with Gasteiger partial charge in [0.05, 0.1) is 24.3 Å². The predicted molar refractivity (Wildman–Crippen MR) is 138 cm³/mol. The summed E-state index contributed by atoms with van der Waals surface area (Å²) in [5.41, 5.74) is 1.25. The molecule has 1 heterocycles. The van der Waals surface area contributed by atoms with Gasteiger partial charge in [-0.25, -0.2) is 4.79 Å². The van der Waals surface area contributed by atoms with Gasteiger partial charge < -0.3 is 14.8 Å². The van der Waals surface area contributed by atoms with Gasteiger partial charge in [0.2, 0.25) is 0 Å². The van der Waals surface area contributed by atoms with E-state index in [4.69, 9.17) is 9.47 Å². The summed E-state index contributed by atoms with van der Waals surface area (Å²) >= 11 is 0. The number of hydrogen-bond donors (Lipinski definition) is 1. The first-order valence-electron chi connectivity index (χ1n) is 13.3. The number of rotatable bonds is 11. The maximum absolute atomic E-state index is 13.0. The summed E-state index contributed by atoms with van der Waals surface area (Å²) in [6.45, 7) is 4.59. The summed E-state index contributed by atoms with van der Waals surface area (Å²) in [5.74, 6) is -0.142. The molecule has 0 aromatic heterocycles. The lowest BCUT2D eigenvalue weighted by Crippen LogP contribution is -2.38. The monoisotopic (exact) mass is 532 g/mol. The fourth-order valence-electron chi connectivity index (χ4n) is 5.23. The van der Waals surface area contributed by atoms with Crippen molar-refractivity contribution in [1.29, 1.82) is 0 Å². The highest BCUT2D eigenvalue weighted by atomic mass is 19.4. The maximum atomic E-state index is 13.0. The predicted octanol–water partition coefficient (Wildman–Crippen LogP) is 5.22. The van der Waals surface area contributed by atoms with Crippen LogP contribution in [0, 0.1) is 11.8 Å². The van der Waals surface area contributed by atoms with Crippen LogP contribution >= 0.6 is 0 Å². The molecule has 1 aliphatic heterocycles. The number of ether oxygens (including phenoxy) is 2. The van der Waals surface area contributed by atoms with Crippen molar-refractivity contribution < 1.29 is 32.2 Å². The van der Waals surface area contributed by atoms with Crippen LogP contribution in [0.15, 0.2) is 48.5 Å². The topological polar surface area (TPSA) is 67.9 Å². The number of carbonyl (C=O) groups is 2. The van der Waals surface area contributed by atoms with Gasteiger partial charge in [-0.15, -0.1) is 0 Å². The third-order valence-electron chi connectivity index (χ3n) is 7.39. The fraction of sp³-hybridized carbons (Fsp3) is 0.517. The molecule has 4 rings (SSSR count). The number of halogens is 3. The van der Waals surface area contributed by atoms with E-state index in [-0.39, 0.29) is 23.6 Å². The molecule has 0 bridgehead atoms. The van der Waals surface area contributed by atoms with Crippen molar-refractivity contribution in [2.45, 2.75) is 38.3 Å². The third-order valence-corrected chi connectivity index (χ3v) is 7.39. The summed E-state index contributed by atoms with van der Waals surface area (Å²) in [4.78, 5) is 27.2. The SMILES string of the molecule is O=C(OCCN1CCOCC1)c1cccc(CCC[C@H]2C(=O)CC[C@@H]2CNc2cccc(C(F)(F)F)c2)c1. The van der Waals surface area contributed by atoms with E-state index in [1.807, 2.05) is 18.2 Å². The summed E-state index contributed by atoms with van der Waals surface area (Å²) in [6, 6.07) is 12.6. The molecule has 206 valence electrons. The van der Waals surface area contributed by atoms with Gasteiger partial charge in [0.1, 0.15) is 12.4 Å². The van der Waals surface area contributed by atoms with Crippen LogP contribution in [0.3, 0.4) is 0 Å². The Hall–Kier alpha value is -2.91. The number of aryl methyl sites for hydroxylation is 1. The van der Waals surface area contributed by atoms with E-state index in [1.54, 1.807) is 12.1 Å². The zero-order valence-corrected chi connectivity index (χ0v) is 21.5. The molecule has 0 amide bonds. The first kappa shape index (κ1) is 28.1. The van der Waals surface area contributed by atoms with Crippen LogP contribution in [0.2, 0.25) is 0 Å². The van der Waals surface area contributed by atoms with Crippen molar-refractivity contribution >= 4 is 17.4 Å². The minimum atomic E-state index is -4.39. The Bertz CT molecular complexity index is 1090. The second kappa shape index (κ2) is 13.2. The summed E-state index contributed by atoms with van der Waals surface area (Å²) in [7, 11) is 0. The van der Waals surface area contributed by atoms with Gasteiger partial charge in [-0.3, -0.25) is 9.69 Å². The molecule has 0 spiro atoms. The Morgan fingerprint density at radius 2 is 1.89 bits per heavy atom. The standard InChI is InChI=1S/C29H35F3N2O4/c30-29(31,32)24-7-3-8-25(19-24)33-20-23-10-11-27(35)26(23)9-2-5-21-4-1-6-22(18-21)28(36)38-17-14-34-12-15-37-16-13-34/h1,3-4,6-8,18-19,23,26,33H,2,5,9-17,20H2/t23-,26-/m1/s1. The molecule has 0 unspecified atom stereocenters. The van der Waals surface area contributed by atoms with E-state index < -0.39 is 11.7 Å². The number of alkyl halides is 3. The summed E-state index contributed by atoms with van der Waals surface area (Å²) in [5, 5.41) is 3.10. The number of morpholine rings is 1. The molecular weight excluding hydrogens is 497 g/mol. The van der Waals surface area contributed by atoms with E-state index in [9.17, 15) is 22.8 Å². The van der Waals surface area contributed by atoms with Gasteiger partial charge >= 0.3 is 12.1 Å². The largest absolute Gasteiger partial charge is 0.461 e. The molecule has 2 fully saturated rings. The lowest BCUT2D eigenvalue weighted by Gasteiger charge is -2.26. The Balaban J connectivity index is 1.23. The lowest BCUT2D eigenvalue weighted by atomic mass is 9.89. The highest BCUT2D eigenvalue weighted by Crippen LogP contribution is 2.34. The van der Waals surface area contributed by atoms with Gasteiger partial charge in [0.25, 0.3) is 0 Å². The first-order chi connectivity index (χ1) is 18.3. The minimum absolute atomic E-state index is 0.0878. The number of nitrogens with zero attached hydrogens (tertiary/aromatic N) is 1. The summed E-state index contributed by atoms with van der Waals surface area (Å²) < 4.78 is 49.8. The van der Waals surface area contributed by atoms with E-state index in [0.29, 0.717) is 57.0 Å². The molecule has 2 atom stereocenters. The Morgan fingerprint density at radius 3 is 2.68 bits per heavy atom. The van der Waals surface area contributed by atoms with E-state index in [1.165, 1.54) is 6.07 Å². The average Bonchev–Trinajstić information content (AvgIpc) is 3.27. The Labute approximate surface area is 221 Å². The second-order valence-electron chi connectivity index (χ2n) is 10.0. The van der Waals surface area contributed by atoms with Gasteiger partial charge in [-0.05, 0) is 67.5 Å². The zero-order valence-electron chi connectivity index (χ0n) is 21.5. The first-order valence-corrected chi connectivity index (χ1v) is 13.3. The minimum Gasteiger partial charge on any atom is -0.461 e. The second-order valence-corrected chi connectivity index (χ2v) is 10.0. The highest BCUT2D eigenvalue weighted by Gasteiger charge is 2.34. The van der Waals surface area contributed by atoms with Gasteiger partial charge in [0, 0.05) is 44.2 Å². The van der Waals surface area contributed by atoms with Crippen molar-refractivity contribution in [3.63, 3.8) is 0 Å². The highest BCUT2D eigenvalue weighted by molar-refractivity contribution is 5.89. The molecule has 0 radical (unpaired) electrons. The van der Waals surface area contributed by atoms with Crippen LogP contribution in [0.1, 0.15) is 47.2 Å². The van der Waals surface area contributed by atoms with Crippen molar-refractivity contribution in [3.05, 3.63) is 65.2 Å². The van der Waals surface area contributed by atoms with Crippen molar-refractivity contribution in [1.82, 2.24) is 4.90 Å². The van der Waals surface area contributed by atoms with Crippen LogP contribution in [-0.2, 0) is 26.9 Å². The van der Waals surface area contributed by atoms with Gasteiger partial charge in [0.15, 0.2) is 0 Å². The maximum Gasteiger partial charge on any atom is 0.416 e. The Morgan fingerprint density at radius 1 is 1.11 bits per heavy atom. The number of ketones is 1. The van der Waals surface area contributed by atoms with Crippen LogP contribution < -0.4 is 5.32 Å². The molecule has 9 heteroatoms. The van der Waals surface area contributed by atoms with Crippen molar-refractivity contribution in [3.8, 4) is 0 Å². The number of esters is 1. The average molecular weight is 533 g/mol. The van der Waals surface area contributed by atoms with Crippen LogP contribution in [0.4, 0.5) is 18.9 Å². The molecule has 2 aliphatic rings. The van der Waals surface area contributed by atoms with E-state index in [2.05, 4.69) is 10.2 Å². The number of anilines is 1. The molecule has 1 saturated carbocycles. The number of Topliss-reactive ketones (excluding diaryl/α,β-unsaturated/α-hetero) is 1. The fourth-order valence-corrected chi connectivity index (χ4v) is 5.23. The summed E-state index contributed by atoms with van der Waals surface area (Å²) in [6.07, 6.45) is -0.923. The lowest BCUT2D eigenvalue weighted by molar-refractivity contribution is -0.137. The van der Waals surface area contributed by atoms with Crippen LogP contribution in [0.25, 0.3) is 0 Å². The molecule has 2 aromatic carbocycles. The molecule has 1 saturated heterocycles. The molecule has 1 N–H and O–H groups in total. The Kier molecular flexibility index (Phi) is 9.80. The van der Waals surface area contributed by atoms with Crippen molar-refractivity contribution in [2.75, 3.05) is 51.3 Å². The molecule has 38 heavy (non-hydrogen) atoms. The molecule has 2 aromatic rings. The normalized spacial score (nSPS) is 20.4. The van der Waals surface area contributed by atoms with Gasteiger partial charge in [-0.2, -0.15) is 13.2 Å². The van der Waals surface area contributed by atoms with Gasteiger partial charge in [-0.1, -0.05) is 18.2 Å². The number of benzene rings is 2. The number of carbonyl (C=O) groups excluding carboxylic acids is 2.